The Morgan fingerprint density at radius 1 is 1.24 bits per heavy atom. The molecule has 2 N–H and O–H groups in total. The van der Waals surface area contributed by atoms with E-state index in [2.05, 4.69) is 37.2 Å². The summed E-state index contributed by atoms with van der Waals surface area (Å²) < 4.78 is 1.21. The van der Waals surface area contributed by atoms with Crippen molar-refractivity contribution in [3.63, 3.8) is 0 Å². The number of rotatable bonds is 3. The molecule has 0 radical (unpaired) electrons. The van der Waals surface area contributed by atoms with Crippen LogP contribution >= 0.6 is 31.9 Å². The SMILES string of the molecule is O=C(Nc1c(O)cccc1[N+](=O)[O-])c1cc(Br)ccc1Br. The molecule has 2 aromatic rings. The van der Waals surface area contributed by atoms with Gasteiger partial charge in [-0.1, -0.05) is 22.0 Å². The van der Waals surface area contributed by atoms with Crippen LogP contribution in [0.4, 0.5) is 11.4 Å². The zero-order valence-electron chi connectivity index (χ0n) is 10.3. The molecule has 0 aliphatic heterocycles. The summed E-state index contributed by atoms with van der Waals surface area (Å²) in [4.78, 5) is 22.5. The number of aromatic hydroxyl groups is 1. The number of para-hydroxylation sites is 1. The zero-order chi connectivity index (χ0) is 15.6. The molecule has 8 heteroatoms. The molecule has 0 spiro atoms. The van der Waals surface area contributed by atoms with Gasteiger partial charge in [-0.05, 0) is 40.2 Å². The van der Waals surface area contributed by atoms with E-state index in [1.54, 1.807) is 18.2 Å². The fraction of sp³-hybridized carbons (Fsp3) is 0. The van der Waals surface area contributed by atoms with E-state index in [-0.39, 0.29) is 22.7 Å². The van der Waals surface area contributed by atoms with E-state index in [1.807, 2.05) is 0 Å². The molecule has 0 saturated heterocycles. The first-order valence-electron chi connectivity index (χ1n) is 5.63. The lowest BCUT2D eigenvalue weighted by molar-refractivity contribution is -0.384. The molecule has 0 saturated carbocycles. The monoisotopic (exact) mass is 414 g/mol. The van der Waals surface area contributed by atoms with Crippen LogP contribution in [-0.2, 0) is 0 Å². The highest BCUT2D eigenvalue weighted by Gasteiger charge is 2.21. The second kappa shape index (κ2) is 6.23. The molecule has 0 bridgehead atoms. The number of carbonyl (C=O) groups excluding carboxylic acids is 1. The first-order chi connectivity index (χ1) is 9.90. The lowest BCUT2D eigenvalue weighted by Gasteiger charge is -2.09. The van der Waals surface area contributed by atoms with Gasteiger partial charge in [0.15, 0.2) is 5.69 Å². The highest BCUT2D eigenvalue weighted by Crippen LogP contribution is 2.34. The number of hydrogen-bond acceptors (Lipinski definition) is 4. The lowest BCUT2D eigenvalue weighted by Crippen LogP contribution is -2.14. The van der Waals surface area contributed by atoms with Gasteiger partial charge >= 0.3 is 0 Å². The van der Waals surface area contributed by atoms with Crippen molar-refractivity contribution in [2.24, 2.45) is 0 Å². The number of carbonyl (C=O) groups is 1. The van der Waals surface area contributed by atoms with E-state index >= 15 is 0 Å². The predicted molar refractivity (Wildman–Crippen MR) is 84.6 cm³/mol. The van der Waals surface area contributed by atoms with Crippen LogP contribution in [0.5, 0.6) is 5.75 Å². The van der Waals surface area contributed by atoms with Gasteiger partial charge in [-0.2, -0.15) is 0 Å². The van der Waals surface area contributed by atoms with E-state index < -0.39 is 10.8 Å². The molecule has 0 atom stereocenters. The Labute approximate surface area is 136 Å². The van der Waals surface area contributed by atoms with Crippen LogP contribution in [0.1, 0.15) is 10.4 Å². The lowest BCUT2D eigenvalue weighted by atomic mass is 10.2. The summed E-state index contributed by atoms with van der Waals surface area (Å²) in [5.74, 6) is -0.948. The van der Waals surface area contributed by atoms with Gasteiger partial charge in [-0.25, -0.2) is 0 Å². The average Bonchev–Trinajstić information content (AvgIpc) is 2.43. The minimum atomic E-state index is -0.675. The van der Waals surface area contributed by atoms with E-state index in [1.165, 1.54) is 18.2 Å². The van der Waals surface area contributed by atoms with Crippen molar-refractivity contribution in [3.05, 3.63) is 61.0 Å². The first kappa shape index (κ1) is 15.5. The van der Waals surface area contributed by atoms with Crippen molar-refractivity contribution < 1.29 is 14.8 Å². The molecule has 6 nitrogen and oxygen atoms in total. The van der Waals surface area contributed by atoms with Crippen LogP contribution < -0.4 is 5.32 Å². The Hall–Kier alpha value is -1.93. The minimum Gasteiger partial charge on any atom is -0.505 e. The van der Waals surface area contributed by atoms with Crippen molar-refractivity contribution in [1.29, 1.82) is 0 Å². The summed E-state index contributed by atoms with van der Waals surface area (Å²) in [5.41, 5.74) is -0.337. The summed E-state index contributed by atoms with van der Waals surface area (Å²) in [6.07, 6.45) is 0. The van der Waals surface area contributed by atoms with Crippen molar-refractivity contribution in [1.82, 2.24) is 0 Å². The van der Waals surface area contributed by atoms with Gasteiger partial charge < -0.3 is 10.4 Å². The number of nitrogens with zero attached hydrogens (tertiary/aromatic N) is 1. The maximum absolute atomic E-state index is 12.2. The summed E-state index contributed by atoms with van der Waals surface area (Å²) in [6.45, 7) is 0. The van der Waals surface area contributed by atoms with Crippen molar-refractivity contribution in [2.45, 2.75) is 0 Å². The normalized spacial score (nSPS) is 10.2. The maximum atomic E-state index is 12.2. The molecule has 0 fully saturated rings. The molecule has 2 rings (SSSR count). The number of anilines is 1. The van der Waals surface area contributed by atoms with Crippen LogP contribution in [0, 0.1) is 10.1 Å². The Kier molecular flexibility index (Phi) is 4.59. The van der Waals surface area contributed by atoms with Gasteiger partial charge in [0.1, 0.15) is 5.75 Å². The quantitative estimate of drug-likeness (QED) is 0.448. The molecule has 0 aliphatic rings. The van der Waals surface area contributed by atoms with Crippen molar-refractivity contribution in [3.8, 4) is 5.75 Å². The summed E-state index contributed by atoms with van der Waals surface area (Å²) in [5, 5.41) is 23.0. The summed E-state index contributed by atoms with van der Waals surface area (Å²) >= 11 is 6.48. The second-order valence-corrected chi connectivity index (χ2v) is 5.78. The standard InChI is InChI=1S/C13H8Br2N2O4/c14-7-4-5-9(15)8(6-7)13(19)16-12-10(17(20)21)2-1-3-11(12)18/h1-6,18H,(H,16,19). The minimum absolute atomic E-state index is 0.237. The number of nitro benzene ring substituents is 1. The van der Waals surface area contributed by atoms with E-state index in [4.69, 9.17) is 0 Å². The molecular weight excluding hydrogens is 408 g/mol. The third-order valence-electron chi connectivity index (χ3n) is 2.63. The number of benzene rings is 2. The largest absolute Gasteiger partial charge is 0.505 e. The van der Waals surface area contributed by atoms with Crippen LogP contribution in [0.2, 0.25) is 0 Å². The smallest absolute Gasteiger partial charge is 0.296 e. The molecule has 0 unspecified atom stereocenters. The molecule has 0 aliphatic carbocycles. The van der Waals surface area contributed by atoms with Crippen molar-refractivity contribution in [2.75, 3.05) is 5.32 Å². The zero-order valence-corrected chi connectivity index (χ0v) is 13.5. The number of nitro groups is 1. The maximum Gasteiger partial charge on any atom is 0.296 e. The summed E-state index contributed by atoms with van der Waals surface area (Å²) in [7, 11) is 0. The van der Waals surface area contributed by atoms with Gasteiger partial charge in [0.05, 0.1) is 10.5 Å². The van der Waals surface area contributed by atoms with Gasteiger partial charge in [0.2, 0.25) is 0 Å². The Morgan fingerprint density at radius 3 is 2.62 bits per heavy atom. The molecule has 108 valence electrons. The number of amides is 1. The number of phenols is 1. The van der Waals surface area contributed by atoms with Gasteiger partial charge in [0, 0.05) is 15.0 Å². The molecule has 21 heavy (non-hydrogen) atoms. The van der Waals surface area contributed by atoms with Gasteiger partial charge in [-0.15, -0.1) is 0 Å². The van der Waals surface area contributed by atoms with E-state index in [9.17, 15) is 20.0 Å². The van der Waals surface area contributed by atoms with Gasteiger partial charge in [0.25, 0.3) is 11.6 Å². The molecular formula is C13H8Br2N2O4. The number of halogens is 2. The first-order valence-corrected chi connectivity index (χ1v) is 7.21. The van der Waals surface area contributed by atoms with Crippen LogP contribution in [0.3, 0.4) is 0 Å². The fourth-order valence-electron chi connectivity index (χ4n) is 1.66. The Balaban J connectivity index is 2.41. The average molecular weight is 416 g/mol. The summed E-state index contributed by atoms with van der Waals surface area (Å²) in [6, 6.07) is 8.76. The Morgan fingerprint density at radius 2 is 1.95 bits per heavy atom. The highest BCUT2D eigenvalue weighted by molar-refractivity contribution is 9.11. The predicted octanol–water partition coefficient (Wildman–Crippen LogP) is 4.08. The Bertz CT molecular complexity index is 734. The third kappa shape index (κ3) is 3.40. The topological polar surface area (TPSA) is 92.5 Å². The van der Waals surface area contributed by atoms with Crippen molar-refractivity contribution >= 4 is 49.1 Å². The molecule has 0 aromatic heterocycles. The second-order valence-electron chi connectivity index (χ2n) is 4.01. The third-order valence-corrected chi connectivity index (χ3v) is 3.81. The fourth-order valence-corrected chi connectivity index (χ4v) is 2.45. The number of phenolic OH excluding ortho intramolecular Hbond substituents is 1. The van der Waals surface area contributed by atoms with Crippen LogP contribution in [0.25, 0.3) is 0 Å². The van der Waals surface area contributed by atoms with E-state index in [0.29, 0.717) is 8.95 Å². The number of hydrogen-bond donors (Lipinski definition) is 2. The molecule has 2 aromatic carbocycles. The molecule has 1 amide bonds. The van der Waals surface area contributed by atoms with Gasteiger partial charge in [-0.3, -0.25) is 14.9 Å². The highest BCUT2D eigenvalue weighted by atomic mass is 79.9. The molecule has 0 heterocycles. The van der Waals surface area contributed by atoms with Crippen LogP contribution in [-0.4, -0.2) is 15.9 Å². The van der Waals surface area contributed by atoms with Crippen LogP contribution in [0.15, 0.2) is 45.3 Å². The van der Waals surface area contributed by atoms with E-state index in [0.717, 1.165) is 0 Å². The number of nitrogens with one attached hydrogen (secondary N) is 1.